The van der Waals surface area contributed by atoms with Crippen LogP contribution in [0, 0.1) is 5.92 Å². The minimum absolute atomic E-state index is 0.259. The summed E-state index contributed by atoms with van der Waals surface area (Å²) in [5.74, 6) is 1.62. The lowest BCUT2D eigenvalue weighted by molar-refractivity contribution is 0.0596. The number of rotatable bonds is 8. The van der Waals surface area contributed by atoms with Crippen LogP contribution < -0.4 is 19.6 Å². The van der Waals surface area contributed by atoms with Gasteiger partial charge in [-0.25, -0.2) is 4.79 Å². The van der Waals surface area contributed by atoms with Crippen molar-refractivity contribution in [1.29, 1.82) is 0 Å². The van der Waals surface area contributed by atoms with Crippen LogP contribution in [0.3, 0.4) is 0 Å². The predicted octanol–water partition coefficient (Wildman–Crippen LogP) is 3.59. The molecular formula is C25H25N3O5S. The van der Waals surface area contributed by atoms with Crippen LogP contribution in [0.4, 0.5) is 0 Å². The Labute approximate surface area is 200 Å². The first-order chi connectivity index (χ1) is 16.4. The Morgan fingerprint density at radius 1 is 1.15 bits per heavy atom. The van der Waals surface area contributed by atoms with E-state index in [0.717, 1.165) is 16.9 Å². The molecule has 4 aromatic rings. The van der Waals surface area contributed by atoms with Crippen molar-refractivity contribution < 1.29 is 19.0 Å². The number of aromatic nitrogens is 3. The quantitative estimate of drug-likeness (QED) is 0.357. The van der Waals surface area contributed by atoms with Gasteiger partial charge in [0.1, 0.15) is 17.1 Å². The highest BCUT2D eigenvalue weighted by Crippen LogP contribution is 2.23. The molecule has 2 aromatic carbocycles. The van der Waals surface area contributed by atoms with Crippen LogP contribution in [0.1, 0.15) is 36.7 Å². The van der Waals surface area contributed by atoms with E-state index in [1.807, 2.05) is 31.2 Å². The third-order valence-electron chi connectivity index (χ3n) is 4.89. The first-order valence-electron chi connectivity index (χ1n) is 10.9. The monoisotopic (exact) mass is 479 g/mol. The molecule has 0 aliphatic heterocycles. The number of methoxy groups -OCH3 is 1. The van der Waals surface area contributed by atoms with Crippen molar-refractivity contribution in [2.24, 2.45) is 5.92 Å². The molecule has 0 saturated carbocycles. The fourth-order valence-electron chi connectivity index (χ4n) is 3.25. The van der Waals surface area contributed by atoms with Crippen LogP contribution in [-0.2, 0) is 4.74 Å². The Balaban J connectivity index is 1.63. The van der Waals surface area contributed by atoms with E-state index in [9.17, 15) is 9.59 Å². The van der Waals surface area contributed by atoms with Crippen LogP contribution in [0.5, 0.6) is 11.5 Å². The van der Waals surface area contributed by atoms with E-state index >= 15 is 0 Å². The maximum Gasteiger partial charge on any atom is 0.341 e. The molecule has 2 aromatic heterocycles. The summed E-state index contributed by atoms with van der Waals surface area (Å²) >= 11 is 1.25. The normalized spacial score (nSPS) is 11.9. The Kier molecular flexibility index (Phi) is 6.93. The summed E-state index contributed by atoms with van der Waals surface area (Å²) in [6.45, 7) is 7.06. The van der Waals surface area contributed by atoms with Crippen molar-refractivity contribution in [3.8, 4) is 22.9 Å². The number of thiazole rings is 1. The molecule has 0 N–H and O–H groups in total. The molecule has 2 heterocycles. The third-order valence-corrected chi connectivity index (χ3v) is 5.85. The van der Waals surface area contributed by atoms with E-state index in [1.165, 1.54) is 23.0 Å². The largest absolute Gasteiger partial charge is 0.493 e. The summed E-state index contributed by atoms with van der Waals surface area (Å²) in [6.07, 6.45) is 1.73. The number of carbonyl (C=O) groups is 1. The number of ether oxygens (including phenoxy) is 3. The Morgan fingerprint density at radius 3 is 2.56 bits per heavy atom. The zero-order valence-electron chi connectivity index (χ0n) is 19.4. The van der Waals surface area contributed by atoms with Gasteiger partial charge in [0.15, 0.2) is 5.82 Å². The molecule has 0 unspecified atom stereocenters. The minimum atomic E-state index is -0.481. The lowest BCUT2D eigenvalue weighted by Gasteiger charge is -2.09. The molecule has 0 radical (unpaired) electrons. The van der Waals surface area contributed by atoms with Gasteiger partial charge in [0.2, 0.25) is 4.96 Å². The van der Waals surface area contributed by atoms with Gasteiger partial charge >= 0.3 is 5.97 Å². The molecule has 0 amide bonds. The number of hydrogen-bond acceptors (Lipinski definition) is 8. The van der Waals surface area contributed by atoms with Crippen LogP contribution in [0.15, 0.2) is 47.3 Å². The average Bonchev–Trinajstić information content (AvgIpc) is 3.37. The summed E-state index contributed by atoms with van der Waals surface area (Å²) in [7, 11) is 1.32. The summed E-state index contributed by atoms with van der Waals surface area (Å²) in [5.41, 5.74) is 1.59. The highest BCUT2D eigenvalue weighted by molar-refractivity contribution is 7.15. The second-order valence-electron chi connectivity index (χ2n) is 7.96. The molecule has 176 valence electrons. The fraction of sp³-hybridized carbons (Fsp3) is 0.280. The van der Waals surface area contributed by atoms with Crippen molar-refractivity contribution in [3.05, 3.63) is 68.5 Å². The molecule has 0 atom stereocenters. The van der Waals surface area contributed by atoms with E-state index in [2.05, 4.69) is 23.9 Å². The zero-order valence-corrected chi connectivity index (χ0v) is 20.2. The highest BCUT2D eigenvalue weighted by atomic mass is 32.1. The zero-order chi connectivity index (χ0) is 24.2. The second-order valence-corrected chi connectivity index (χ2v) is 8.96. The van der Waals surface area contributed by atoms with Gasteiger partial charge in [-0.3, -0.25) is 4.79 Å². The molecule has 0 bridgehead atoms. The second kappa shape index (κ2) is 10.0. The fourth-order valence-corrected chi connectivity index (χ4v) is 4.16. The third kappa shape index (κ3) is 4.94. The van der Waals surface area contributed by atoms with E-state index < -0.39 is 5.97 Å². The number of fused-ring (bicyclic) bond motifs is 1. The molecule has 0 aliphatic rings. The smallest absolute Gasteiger partial charge is 0.341 e. The van der Waals surface area contributed by atoms with Crippen LogP contribution in [0.2, 0.25) is 0 Å². The number of carbonyl (C=O) groups excluding carboxylic acids is 1. The van der Waals surface area contributed by atoms with Gasteiger partial charge in [-0.15, -0.1) is 5.10 Å². The van der Waals surface area contributed by atoms with Gasteiger partial charge in [-0.05, 0) is 60.9 Å². The molecule has 9 heteroatoms. The first-order valence-corrected chi connectivity index (χ1v) is 11.7. The lowest BCUT2D eigenvalue weighted by Crippen LogP contribution is -2.23. The van der Waals surface area contributed by atoms with Crippen LogP contribution in [-0.4, -0.2) is 40.9 Å². The summed E-state index contributed by atoms with van der Waals surface area (Å²) in [5, 5.41) is 4.40. The van der Waals surface area contributed by atoms with Crippen molar-refractivity contribution in [3.63, 3.8) is 0 Å². The Hall–Kier alpha value is -3.72. The standard InChI is InChI=1S/C25H25N3O5S/c1-5-32-20-12-16(6-11-19(20)24(30)31-4)13-21-23(29)28-25(34-21)26-22(27-28)17-7-9-18(10-8-17)33-14-15(2)3/h6-13,15H,5,14H2,1-4H3/b21-13-. The molecule has 0 saturated heterocycles. The molecule has 34 heavy (non-hydrogen) atoms. The molecule has 0 aliphatic carbocycles. The highest BCUT2D eigenvalue weighted by Gasteiger charge is 2.15. The Morgan fingerprint density at radius 2 is 1.91 bits per heavy atom. The van der Waals surface area contributed by atoms with Gasteiger partial charge in [-0.2, -0.15) is 9.50 Å². The topological polar surface area (TPSA) is 92.0 Å². The maximum atomic E-state index is 12.9. The van der Waals surface area contributed by atoms with Gasteiger partial charge in [0, 0.05) is 5.56 Å². The van der Waals surface area contributed by atoms with Crippen LogP contribution in [0.25, 0.3) is 22.4 Å². The van der Waals surface area contributed by atoms with Crippen molar-refractivity contribution in [1.82, 2.24) is 14.6 Å². The number of nitrogens with zero attached hydrogens (tertiary/aromatic N) is 3. The van der Waals surface area contributed by atoms with E-state index in [1.54, 1.807) is 24.3 Å². The average molecular weight is 480 g/mol. The molecule has 0 spiro atoms. The van der Waals surface area contributed by atoms with E-state index in [0.29, 0.717) is 45.8 Å². The van der Waals surface area contributed by atoms with Gasteiger partial charge in [0.05, 0.1) is 24.9 Å². The Bertz CT molecular complexity index is 1420. The van der Waals surface area contributed by atoms with Crippen LogP contribution >= 0.6 is 11.3 Å². The molecule has 0 fully saturated rings. The van der Waals surface area contributed by atoms with Crippen molar-refractivity contribution >= 4 is 28.3 Å². The molecule has 4 rings (SSSR count). The maximum absolute atomic E-state index is 12.9. The van der Waals surface area contributed by atoms with E-state index in [4.69, 9.17) is 14.2 Å². The number of hydrogen-bond donors (Lipinski definition) is 0. The molecule has 8 nitrogen and oxygen atoms in total. The summed E-state index contributed by atoms with van der Waals surface area (Å²) in [4.78, 5) is 29.9. The van der Waals surface area contributed by atoms with Crippen molar-refractivity contribution in [2.45, 2.75) is 20.8 Å². The van der Waals surface area contributed by atoms with Gasteiger partial charge in [0.25, 0.3) is 5.56 Å². The minimum Gasteiger partial charge on any atom is -0.493 e. The summed E-state index contributed by atoms with van der Waals surface area (Å²) < 4.78 is 17.9. The summed E-state index contributed by atoms with van der Waals surface area (Å²) in [6, 6.07) is 12.6. The van der Waals surface area contributed by atoms with E-state index in [-0.39, 0.29) is 5.56 Å². The first kappa shape index (κ1) is 23.4. The number of benzene rings is 2. The number of esters is 1. The van der Waals surface area contributed by atoms with Gasteiger partial charge in [-0.1, -0.05) is 31.3 Å². The van der Waals surface area contributed by atoms with Crippen molar-refractivity contribution in [2.75, 3.05) is 20.3 Å². The predicted molar refractivity (Wildman–Crippen MR) is 131 cm³/mol. The molecular weight excluding hydrogens is 454 g/mol. The lowest BCUT2D eigenvalue weighted by atomic mass is 10.1. The van der Waals surface area contributed by atoms with Gasteiger partial charge < -0.3 is 14.2 Å². The SMILES string of the molecule is CCOc1cc(/C=c2\sc3nc(-c4ccc(OCC(C)C)cc4)nn3c2=O)ccc1C(=O)OC.